The van der Waals surface area contributed by atoms with Crippen LogP contribution in [0, 0.1) is 6.92 Å². The predicted molar refractivity (Wildman–Crippen MR) is 96.2 cm³/mol. The number of rotatable bonds is 6. The van der Waals surface area contributed by atoms with Crippen molar-refractivity contribution in [1.82, 2.24) is 5.48 Å². The Morgan fingerprint density at radius 1 is 0.929 bits per heavy atom. The van der Waals surface area contributed by atoms with Gasteiger partial charge in [0.1, 0.15) is 0 Å². The summed E-state index contributed by atoms with van der Waals surface area (Å²) in [4.78, 5) is 31.8. The van der Waals surface area contributed by atoms with Crippen LogP contribution in [0.1, 0.15) is 33.2 Å². The minimum atomic E-state index is -4.55. The van der Waals surface area contributed by atoms with Gasteiger partial charge < -0.3 is 10.2 Å². The molecule has 2 aromatic rings. The van der Waals surface area contributed by atoms with E-state index in [2.05, 4.69) is 7.70 Å². The summed E-state index contributed by atoms with van der Waals surface area (Å²) in [6.45, 7) is 2.66. The molecule has 0 spiro atoms. The van der Waals surface area contributed by atoms with Crippen molar-refractivity contribution in [3.8, 4) is 0 Å². The number of benzene rings is 2. The van der Waals surface area contributed by atoms with Gasteiger partial charge in [0.15, 0.2) is 0 Å². The van der Waals surface area contributed by atoms with E-state index in [1.54, 1.807) is 18.2 Å². The fourth-order valence-electron chi connectivity index (χ4n) is 1.95. The van der Waals surface area contributed by atoms with Crippen molar-refractivity contribution in [3.63, 3.8) is 0 Å². The molecule has 1 amide bonds. The first-order valence-electron chi connectivity index (χ1n) is 7.62. The number of amides is 1. The maximum Gasteiger partial charge on any atom is 0.335 e. The molecular formula is C17H18AsNO9. The molecule has 11 heteroatoms. The molecule has 0 aliphatic carbocycles. The van der Waals surface area contributed by atoms with E-state index in [1.807, 2.05) is 5.48 Å². The molecule has 0 aromatic heterocycles. The summed E-state index contributed by atoms with van der Waals surface area (Å²) in [6, 6.07) is 12.0. The van der Waals surface area contributed by atoms with E-state index in [0.29, 0.717) is 0 Å². The number of aromatic carboxylic acids is 2. The largest absolute Gasteiger partial charge is 0.478 e. The number of hydroxylamine groups is 1. The van der Waals surface area contributed by atoms with E-state index in [1.165, 1.54) is 44.2 Å². The van der Waals surface area contributed by atoms with Crippen LogP contribution in [0.2, 0.25) is 0 Å². The molecule has 28 heavy (non-hydrogen) atoms. The smallest absolute Gasteiger partial charge is 0.335 e. The topological polar surface area (TPSA) is 159 Å². The first-order chi connectivity index (χ1) is 13.1. The number of carbonyl (C=O) groups excluding carboxylic acids is 1. The van der Waals surface area contributed by atoms with Crippen LogP contribution in [0.15, 0.2) is 48.5 Å². The molecule has 1 unspecified atom stereocenters. The Bertz CT molecular complexity index is 867. The maximum absolute atomic E-state index is 11.8. The Balaban J connectivity index is 0.000000283. The summed E-state index contributed by atoms with van der Waals surface area (Å²) in [5.41, 5.74) is 2.21. The van der Waals surface area contributed by atoms with Gasteiger partial charge in [0, 0.05) is 0 Å². The summed E-state index contributed by atoms with van der Waals surface area (Å²) >= 11 is -4.55. The molecule has 4 N–H and O–H groups in total. The van der Waals surface area contributed by atoms with Crippen molar-refractivity contribution in [1.29, 1.82) is 0 Å². The molecule has 10 nitrogen and oxygen atoms in total. The van der Waals surface area contributed by atoms with Crippen LogP contribution in [0.5, 0.6) is 0 Å². The molecule has 2 aromatic carbocycles. The van der Waals surface area contributed by atoms with Gasteiger partial charge in [-0.25, -0.2) is 9.59 Å². The fourth-order valence-corrected chi connectivity index (χ4v) is 4.09. The summed E-state index contributed by atoms with van der Waals surface area (Å²) in [5.74, 6) is -2.76. The molecule has 0 fully saturated rings. The third kappa shape index (κ3) is 6.36. The molecule has 150 valence electrons. The van der Waals surface area contributed by atoms with Crippen molar-refractivity contribution >= 4 is 36.4 Å². The standard InChI is InChI=1S/C9H8O4.C8H10AsNO5/c1-5-6(8(10)11)3-2-4-7(5)9(12)13;1-7(11)10-14-9(12,15-13)8-5-3-2-4-6-8/h2-4H,1H3,(H,10,11)(H,12,13);2-6,13H,1H3,(H,10,11). The molecule has 0 aliphatic heterocycles. The minimum Gasteiger partial charge on any atom is -0.478 e. The van der Waals surface area contributed by atoms with Gasteiger partial charge >= 0.3 is 101 Å². The van der Waals surface area contributed by atoms with Gasteiger partial charge in [-0.1, -0.05) is 6.07 Å². The van der Waals surface area contributed by atoms with Gasteiger partial charge in [-0.15, -0.1) is 0 Å². The number of nitrogens with one attached hydrogen (secondary N) is 1. The maximum atomic E-state index is 11.8. The number of carboxylic acids is 2. The second kappa shape index (κ2) is 10.4. The fraction of sp³-hybridized carbons (Fsp3) is 0.118. The average Bonchev–Trinajstić information content (AvgIpc) is 2.67. The molecule has 0 aliphatic rings. The number of hydrogen-bond donors (Lipinski definition) is 4. The predicted octanol–water partition coefficient (Wildman–Crippen LogP) is 1.21. The molecule has 0 bridgehead atoms. The Morgan fingerprint density at radius 2 is 1.43 bits per heavy atom. The van der Waals surface area contributed by atoms with E-state index >= 15 is 0 Å². The van der Waals surface area contributed by atoms with Crippen LogP contribution in [-0.4, -0.2) is 47.5 Å². The molecule has 0 radical (unpaired) electrons. The van der Waals surface area contributed by atoms with E-state index in [9.17, 15) is 18.1 Å². The van der Waals surface area contributed by atoms with Crippen LogP contribution in [0.4, 0.5) is 0 Å². The van der Waals surface area contributed by atoms with Crippen molar-refractivity contribution < 1.29 is 41.3 Å². The Labute approximate surface area is 162 Å². The number of carboxylic acid groups (broad SMARTS) is 2. The number of hydrogen-bond acceptors (Lipinski definition) is 7. The molecular weight excluding hydrogens is 437 g/mol. The summed E-state index contributed by atoms with van der Waals surface area (Å²) in [7, 11) is 0. The Hall–Kier alpha value is -2.91. The Kier molecular flexibility index (Phi) is 8.62. The second-order valence-corrected chi connectivity index (χ2v) is 9.15. The van der Waals surface area contributed by atoms with Crippen LogP contribution in [0.3, 0.4) is 0 Å². The molecule has 1 atom stereocenters. The Morgan fingerprint density at radius 3 is 1.82 bits per heavy atom. The monoisotopic (exact) mass is 455 g/mol. The second-order valence-electron chi connectivity index (χ2n) is 5.25. The van der Waals surface area contributed by atoms with E-state index in [-0.39, 0.29) is 21.0 Å². The third-order valence-electron chi connectivity index (χ3n) is 3.28. The van der Waals surface area contributed by atoms with E-state index in [0.717, 1.165) is 0 Å². The van der Waals surface area contributed by atoms with Crippen molar-refractivity contribution in [2.75, 3.05) is 0 Å². The first-order valence-corrected chi connectivity index (χ1v) is 10.9. The normalized spacial score (nSPS) is 12.1. The summed E-state index contributed by atoms with van der Waals surface area (Å²) in [5, 5.41) is 25.9. The number of carbonyl (C=O) groups is 3. The molecule has 0 heterocycles. The van der Waals surface area contributed by atoms with Gasteiger partial charge in [-0.05, 0) is 24.6 Å². The SMILES string of the molecule is CC(=O)NO[As](=O)(OO)c1ccccc1.Cc1c(C(=O)O)cccc1C(=O)O. The third-order valence-corrected chi connectivity index (χ3v) is 6.38. The van der Waals surface area contributed by atoms with Gasteiger partial charge in [0.05, 0.1) is 11.1 Å². The van der Waals surface area contributed by atoms with Crippen LogP contribution in [0.25, 0.3) is 0 Å². The summed E-state index contributed by atoms with van der Waals surface area (Å²) < 4.78 is 20.5. The van der Waals surface area contributed by atoms with Crippen LogP contribution < -0.4 is 9.83 Å². The zero-order valence-corrected chi connectivity index (χ0v) is 16.7. The van der Waals surface area contributed by atoms with E-state index in [4.69, 9.17) is 15.5 Å². The quantitative estimate of drug-likeness (QED) is 0.285. The zero-order chi connectivity index (χ0) is 21.3. The summed E-state index contributed by atoms with van der Waals surface area (Å²) in [6.07, 6.45) is 0. The molecule has 2 rings (SSSR count). The van der Waals surface area contributed by atoms with E-state index < -0.39 is 32.0 Å². The zero-order valence-electron chi connectivity index (χ0n) is 14.9. The average molecular weight is 455 g/mol. The van der Waals surface area contributed by atoms with Gasteiger partial charge in [0.25, 0.3) is 0 Å². The van der Waals surface area contributed by atoms with Gasteiger partial charge in [0.2, 0.25) is 0 Å². The van der Waals surface area contributed by atoms with Crippen LogP contribution in [-0.2, 0) is 16.2 Å². The van der Waals surface area contributed by atoms with Crippen molar-refractivity contribution in [2.24, 2.45) is 0 Å². The first kappa shape index (κ1) is 23.1. The molecule has 0 saturated carbocycles. The van der Waals surface area contributed by atoms with Crippen molar-refractivity contribution in [2.45, 2.75) is 13.8 Å². The van der Waals surface area contributed by atoms with Gasteiger partial charge in [-0.3, -0.25) is 0 Å². The molecule has 0 saturated heterocycles. The van der Waals surface area contributed by atoms with Crippen LogP contribution >= 0.6 is 0 Å². The van der Waals surface area contributed by atoms with Crippen molar-refractivity contribution in [3.05, 3.63) is 65.2 Å². The minimum absolute atomic E-state index is 0.0277. The van der Waals surface area contributed by atoms with Gasteiger partial charge in [-0.2, -0.15) is 0 Å².